The first-order valence-electron chi connectivity index (χ1n) is 8.90. The van der Waals surface area contributed by atoms with Gasteiger partial charge in [0.2, 0.25) is 0 Å². The number of hydrogen-bond acceptors (Lipinski definition) is 3. The molecule has 0 spiro atoms. The molecule has 140 valence electrons. The van der Waals surface area contributed by atoms with E-state index < -0.39 is 0 Å². The minimum absolute atomic E-state index is 0.599. The Hall–Kier alpha value is -3.28. The molecule has 0 bridgehead atoms. The fraction of sp³-hybridized carbons (Fsp3) is 0.238. The van der Waals surface area contributed by atoms with Crippen LogP contribution in [0.1, 0.15) is 17.0 Å². The van der Waals surface area contributed by atoms with Crippen LogP contribution in [0.15, 0.2) is 72.0 Å². The zero-order valence-electron chi connectivity index (χ0n) is 15.7. The molecule has 0 aliphatic heterocycles. The highest BCUT2D eigenvalue weighted by molar-refractivity contribution is 5.79. The summed E-state index contributed by atoms with van der Waals surface area (Å²) in [5.74, 6) is 2.55. The quantitative estimate of drug-likeness (QED) is 0.500. The molecule has 0 unspecified atom stereocenters. The molecule has 0 saturated carbocycles. The summed E-state index contributed by atoms with van der Waals surface area (Å²) in [6, 6.07) is 18.3. The standard InChI is InChI=1S/C21H25N5O/c1-22-21(24-14-17-8-10-19(27-2)11-9-17)25-15-20-23-12-13-26(20)16-18-6-4-3-5-7-18/h3-13H,14-16H2,1-2H3,(H2,22,24,25). The lowest BCUT2D eigenvalue weighted by atomic mass is 10.2. The van der Waals surface area contributed by atoms with Crippen LogP contribution < -0.4 is 15.4 Å². The van der Waals surface area contributed by atoms with E-state index >= 15 is 0 Å². The summed E-state index contributed by atoms with van der Waals surface area (Å²) >= 11 is 0. The zero-order chi connectivity index (χ0) is 18.9. The number of hydrogen-bond donors (Lipinski definition) is 2. The van der Waals surface area contributed by atoms with Crippen molar-refractivity contribution in [3.63, 3.8) is 0 Å². The van der Waals surface area contributed by atoms with E-state index in [2.05, 4.69) is 49.4 Å². The molecule has 3 aromatic rings. The van der Waals surface area contributed by atoms with Crippen LogP contribution in [-0.2, 0) is 19.6 Å². The van der Waals surface area contributed by atoms with E-state index in [1.54, 1.807) is 14.2 Å². The minimum Gasteiger partial charge on any atom is -0.497 e. The molecule has 3 rings (SSSR count). The Morgan fingerprint density at radius 1 is 1.00 bits per heavy atom. The molecule has 6 heteroatoms. The number of aromatic nitrogens is 2. The number of benzene rings is 2. The van der Waals surface area contributed by atoms with Crippen LogP contribution in [0.4, 0.5) is 0 Å². The predicted molar refractivity (Wildman–Crippen MR) is 108 cm³/mol. The van der Waals surface area contributed by atoms with Crippen LogP contribution in [-0.4, -0.2) is 29.7 Å². The number of ether oxygens (including phenoxy) is 1. The first-order valence-corrected chi connectivity index (χ1v) is 8.90. The molecule has 0 fully saturated rings. The topological polar surface area (TPSA) is 63.5 Å². The number of rotatable bonds is 7. The SMILES string of the molecule is CN=C(NCc1ccc(OC)cc1)NCc1nccn1Cc1ccccc1. The van der Waals surface area contributed by atoms with Crippen molar-refractivity contribution in [2.24, 2.45) is 4.99 Å². The van der Waals surface area contributed by atoms with Gasteiger partial charge in [0, 0.05) is 32.5 Å². The summed E-state index contributed by atoms with van der Waals surface area (Å²) in [5.41, 5.74) is 2.41. The van der Waals surface area contributed by atoms with Crippen LogP contribution in [0.2, 0.25) is 0 Å². The number of imidazole rings is 1. The highest BCUT2D eigenvalue weighted by Gasteiger charge is 2.05. The summed E-state index contributed by atoms with van der Waals surface area (Å²) in [6.07, 6.45) is 3.82. The molecule has 2 aromatic carbocycles. The first kappa shape index (κ1) is 18.5. The van der Waals surface area contributed by atoms with Gasteiger partial charge in [-0.15, -0.1) is 0 Å². The van der Waals surface area contributed by atoms with E-state index in [-0.39, 0.29) is 0 Å². The van der Waals surface area contributed by atoms with Gasteiger partial charge in [-0.05, 0) is 23.3 Å². The largest absolute Gasteiger partial charge is 0.497 e. The van der Waals surface area contributed by atoms with Gasteiger partial charge in [-0.3, -0.25) is 4.99 Å². The van der Waals surface area contributed by atoms with E-state index in [0.717, 1.165) is 29.6 Å². The predicted octanol–water partition coefficient (Wildman–Crippen LogP) is 2.81. The third kappa shape index (κ3) is 5.34. The fourth-order valence-electron chi connectivity index (χ4n) is 2.74. The molecular weight excluding hydrogens is 338 g/mol. The van der Waals surface area contributed by atoms with Crippen LogP contribution in [0.5, 0.6) is 5.75 Å². The van der Waals surface area contributed by atoms with Crippen LogP contribution in [0, 0.1) is 0 Å². The van der Waals surface area contributed by atoms with Crippen molar-refractivity contribution in [3.05, 3.63) is 83.9 Å². The van der Waals surface area contributed by atoms with Gasteiger partial charge in [0.1, 0.15) is 11.6 Å². The summed E-state index contributed by atoms with van der Waals surface area (Å²) in [7, 11) is 3.43. The van der Waals surface area contributed by atoms with Crippen molar-refractivity contribution >= 4 is 5.96 Å². The maximum atomic E-state index is 5.18. The normalized spacial score (nSPS) is 11.3. The molecular formula is C21H25N5O. The molecule has 0 atom stereocenters. The van der Waals surface area contributed by atoms with Crippen molar-refractivity contribution in [1.82, 2.24) is 20.2 Å². The van der Waals surface area contributed by atoms with Crippen LogP contribution in [0.25, 0.3) is 0 Å². The maximum Gasteiger partial charge on any atom is 0.191 e. The van der Waals surface area contributed by atoms with Crippen LogP contribution in [0.3, 0.4) is 0 Å². The molecule has 0 aliphatic rings. The summed E-state index contributed by atoms with van der Waals surface area (Å²) < 4.78 is 7.32. The lowest BCUT2D eigenvalue weighted by molar-refractivity contribution is 0.414. The van der Waals surface area contributed by atoms with Gasteiger partial charge in [-0.1, -0.05) is 42.5 Å². The number of guanidine groups is 1. The zero-order valence-corrected chi connectivity index (χ0v) is 15.7. The average Bonchev–Trinajstić information content (AvgIpc) is 3.16. The molecule has 1 aromatic heterocycles. The van der Waals surface area contributed by atoms with Gasteiger partial charge >= 0.3 is 0 Å². The van der Waals surface area contributed by atoms with Gasteiger partial charge in [0.25, 0.3) is 0 Å². The Bertz CT molecular complexity index is 856. The highest BCUT2D eigenvalue weighted by Crippen LogP contribution is 2.11. The molecule has 0 amide bonds. The number of aliphatic imine (C=N–C) groups is 1. The van der Waals surface area contributed by atoms with Crippen molar-refractivity contribution in [2.45, 2.75) is 19.6 Å². The van der Waals surface area contributed by atoms with Crippen molar-refractivity contribution < 1.29 is 4.74 Å². The molecule has 0 saturated heterocycles. The Kier molecular flexibility index (Phi) is 6.46. The summed E-state index contributed by atoms with van der Waals surface area (Å²) in [6.45, 7) is 2.08. The summed E-state index contributed by atoms with van der Waals surface area (Å²) in [4.78, 5) is 8.74. The second kappa shape index (κ2) is 9.43. The smallest absolute Gasteiger partial charge is 0.191 e. The molecule has 6 nitrogen and oxygen atoms in total. The Morgan fingerprint density at radius 3 is 2.44 bits per heavy atom. The monoisotopic (exact) mass is 363 g/mol. The highest BCUT2D eigenvalue weighted by atomic mass is 16.5. The van der Waals surface area contributed by atoms with E-state index in [1.807, 2.05) is 42.7 Å². The number of nitrogens with one attached hydrogen (secondary N) is 2. The van der Waals surface area contributed by atoms with Crippen molar-refractivity contribution in [2.75, 3.05) is 14.2 Å². The molecule has 2 N–H and O–H groups in total. The summed E-state index contributed by atoms with van der Waals surface area (Å²) in [5, 5.41) is 6.64. The van der Waals surface area contributed by atoms with E-state index in [1.165, 1.54) is 5.56 Å². The van der Waals surface area contributed by atoms with Gasteiger partial charge in [-0.25, -0.2) is 4.98 Å². The van der Waals surface area contributed by atoms with E-state index in [9.17, 15) is 0 Å². The lowest BCUT2D eigenvalue weighted by Crippen LogP contribution is -2.37. The second-order valence-corrected chi connectivity index (χ2v) is 6.08. The van der Waals surface area contributed by atoms with Crippen molar-refractivity contribution in [3.8, 4) is 5.75 Å². The average molecular weight is 363 g/mol. The van der Waals surface area contributed by atoms with Gasteiger partial charge < -0.3 is 19.9 Å². The fourth-order valence-corrected chi connectivity index (χ4v) is 2.74. The number of methoxy groups -OCH3 is 1. The van der Waals surface area contributed by atoms with Crippen LogP contribution >= 0.6 is 0 Å². The van der Waals surface area contributed by atoms with Gasteiger partial charge in [-0.2, -0.15) is 0 Å². The van der Waals surface area contributed by atoms with E-state index in [4.69, 9.17) is 4.74 Å². The Morgan fingerprint density at radius 2 is 1.74 bits per heavy atom. The lowest BCUT2D eigenvalue weighted by Gasteiger charge is -2.13. The number of nitrogens with zero attached hydrogens (tertiary/aromatic N) is 3. The molecule has 27 heavy (non-hydrogen) atoms. The minimum atomic E-state index is 0.599. The maximum absolute atomic E-state index is 5.18. The van der Waals surface area contributed by atoms with Crippen molar-refractivity contribution in [1.29, 1.82) is 0 Å². The molecule has 0 aliphatic carbocycles. The third-order valence-electron chi connectivity index (χ3n) is 4.25. The molecule has 1 heterocycles. The third-order valence-corrected chi connectivity index (χ3v) is 4.25. The Labute approximate surface area is 159 Å². The van der Waals surface area contributed by atoms with Gasteiger partial charge in [0.05, 0.1) is 13.7 Å². The molecule has 0 radical (unpaired) electrons. The first-order chi connectivity index (χ1) is 13.3. The van der Waals surface area contributed by atoms with Gasteiger partial charge in [0.15, 0.2) is 5.96 Å². The van der Waals surface area contributed by atoms with E-state index in [0.29, 0.717) is 13.1 Å². The second-order valence-electron chi connectivity index (χ2n) is 6.08. The Balaban J connectivity index is 1.53.